The second kappa shape index (κ2) is 8.63. The zero-order valence-corrected chi connectivity index (χ0v) is 14.8. The van der Waals surface area contributed by atoms with Crippen molar-refractivity contribution in [1.29, 1.82) is 0 Å². The Kier molecular flexibility index (Phi) is 6.27. The molecule has 1 aromatic rings. The maximum absolute atomic E-state index is 13.0. The van der Waals surface area contributed by atoms with Gasteiger partial charge in [0.15, 0.2) is 0 Å². The van der Waals surface area contributed by atoms with Crippen LogP contribution in [0.1, 0.15) is 48.5 Å². The SMILES string of the molecule is CCCC1COCCN1C(=O)c1cccc(CC2CCNCC2)c1. The van der Waals surface area contributed by atoms with Gasteiger partial charge in [0.2, 0.25) is 0 Å². The summed E-state index contributed by atoms with van der Waals surface area (Å²) in [6, 6.07) is 8.51. The van der Waals surface area contributed by atoms with Gasteiger partial charge < -0.3 is 15.0 Å². The first kappa shape index (κ1) is 17.4. The van der Waals surface area contributed by atoms with E-state index in [4.69, 9.17) is 4.74 Å². The van der Waals surface area contributed by atoms with Gasteiger partial charge in [-0.05, 0) is 62.4 Å². The summed E-state index contributed by atoms with van der Waals surface area (Å²) in [6.45, 7) is 6.44. The van der Waals surface area contributed by atoms with Gasteiger partial charge in [0.25, 0.3) is 5.91 Å². The number of piperidine rings is 1. The van der Waals surface area contributed by atoms with Crippen LogP contribution in [0.2, 0.25) is 0 Å². The van der Waals surface area contributed by atoms with Crippen molar-refractivity contribution < 1.29 is 9.53 Å². The Bertz CT molecular complexity index is 538. The number of rotatable bonds is 5. The third-order valence-corrected chi connectivity index (χ3v) is 5.27. The van der Waals surface area contributed by atoms with E-state index in [1.54, 1.807) is 0 Å². The first-order valence-electron chi connectivity index (χ1n) is 9.46. The van der Waals surface area contributed by atoms with Crippen molar-refractivity contribution in [2.75, 3.05) is 32.8 Å². The molecular formula is C20H30N2O2. The van der Waals surface area contributed by atoms with Crippen LogP contribution in [0.25, 0.3) is 0 Å². The smallest absolute Gasteiger partial charge is 0.254 e. The molecule has 1 unspecified atom stereocenters. The molecule has 1 N–H and O–H groups in total. The van der Waals surface area contributed by atoms with Crippen LogP contribution in [0.5, 0.6) is 0 Å². The van der Waals surface area contributed by atoms with Gasteiger partial charge in [-0.15, -0.1) is 0 Å². The van der Waals surface area contributed by atoms with Gasteiger partial charge in [-0.2, -0.15) is 0 Å². The van der Waals surface area contributed by atoms with E-state index in [1.165, 1.54) is 18.4 Å². The van der Waals surface area contributed by atoms with Crippen molar-refractivity contribution in [2.45, 2.75) is 45.1 Å². The van der Waals surface area contributed by atoms with Crippen molar-refractivity contribution in [1.82, 2.24) is 10.2 Å². The minimum atomic E-state index is 0.170. The summed E-state index contributed by atoms with van der Waals surface area (Å²) < 4.78 is 5.58. The summed E-state index contributed by atoms with van der Waals surface area (Å²) in [5.74, 6) is 0.914. The highest BCUT2D eigenvalue weighted by Crippen LogP contribution is 2.21. The maximum atomic E-state index is 13.0. The predicted octanol–water partition coefficient (Wildman–Crippen LogP) is 2.87. The lowest BCUT2D eigenvalue weighted by molar-refractivity contribution is -0.00434. The lowest BCUT2D eigenvalue weighted by Gasteiger charge is -2.35. The number of carbonyl (C=O) groups excluding carboxylic acids is 1. The molecule has 0 aromatic heterocycles. The largest absolute Gasteiger partial charge is 0.377 e. The van der Waals surface area contributed by atoms with Gasteiger partial charge in [0, 0.05) is 12.1 Å². The number of morpholine rings is 1. The summed E-state index contributed by atoms with van der Waals surface area (Å²) >= 11 is 0. The quantitative estimate of drug-likeness (QED) is 0.902. The Morgan fingerprint density at radius 3 is 2.96 bits per heavy atom. The van der Waals surface area contributed by atoms with Gasteiger partial charge in [-0.3, -0.25) is 4.79 Å². The summed E-state index contributed by atoms with van der Waals surface area (Å²) in [6.07, 6.45) is 5.65. The summed E-state index contributed by atoms with van der Waals surface area (Å²) in [5, 5.41) is 3.42. The fraction of sp³-hybridized carbons (Fsp3) is 0.650. The predicted molar refractivity (Wildman–Crippen MR) is 96.3 cm³/mol. The number of amides is 1. The number of nitrogens with one attached hydrogen (secondary N) is 1. The highest BCUT2D eigenvalue weighted by molar-refractivity contribution is 5.94. The number of nitrogens with zero attached hydrogens (tertiary/aromatic N) is 1. The number of ether oxygens (including phenoxy) is 1. The average Bonchev–Trinajstić information content (AvgIpc) is 2.63. The van der Waals surface area contributed by atoms with Crippen LogP contribution in [0.15, 0.2) is 24.3 Å². The van der Waals surface area contributed by atoms with Crippen LogP contribution in [-0.2, 0) is 11.2 Å². The van der Waals surface area contributed by atoms with E-state index in [0.29, 0.717) is 19.8 Å². The second-order valence-electron chi connectivity index (χ2n) is 7.11. The summed E-state index contributed by atoms with van der Waals surface area (Å²) in [4.78, 5) is 15.0. The fourth-order valence-corrected chi connectivity index (χ4v) is 3.91. The van der Waals surface area contributed by atoms with Crippen molar-refractivity contribution in [3.05, 3.63) is 35.4 Å². The van der Waals surface area contributed by atoms with E-state index in [2.05, 4.69) is 24.4 Å². The molecule has 4 nitrogen and oxygen atoms in total. The van der Waals surface area contributed by atoms with E-state index in [1.807, 2.05) is 17.0 Å². The third-order valence-electron chi connectivity index (χ3n) is 5.27. The van der Waals surface area contributed by atoms with Gasteiger partial charge in [0.05, 0.1) is 19.3 Å². The zero-order valence-electron chi connectivity index (χ0n) is 14.8. The maximum Gasteiger partial charge on any atom is 0.254 e. The lowest BCUT2D eigenvalue weighted by Crippen LogP contribution is -2.48. The van der Waals surface area contributed by atoms with Crippen molar-refractivity contribution >= 4 is 5.91 Å². The lowest BCUT2D eigenvalue weighted by atomic mass is 9.90. The van der Waals surface area contributed by atoms with E-state index in [9.17, 15) is 4.79 Å². The fourth-order valence-electron chi connectivity index (χ4n) is 3.91. The molecule has 1 atom stereocenters. The average molecular weight is 330 g/mol. The first-order chi connectivity index (χ1) is 11.8. The molecule has 1 aromatic carbocycles. The molecule has 0 saturated carbocycles. The van der Waals surface area contributed by atoms with Gasteiger partial charge in [-0.1, -0.05) is 25.5 Å². The molecular weight excluding hydrogens is 300 g/mol. The number of carbonyl (C=O) groups is 1. The topological polar surface area (TPSA) is 41.6 Å². The van der Waals surface area contributed by atoms with Crippen LogP contribution in [-0.4, -0.2) is 49.7 Å². The standard InChI is InChI=1S/C20H30N2O2/c1-2-4-19-15-24-12-11-22(19)20(23)18-6-3-5-17(14-18)13-16-7-9-21-10-8-16/h3,5-6,14,16,19,21H,2,4,7-13,15H2,1H3. The molecule has 4 heteroatoms. The normalized spacial score (nSPS) is 22.5. The monoisotopic (exact) mass is 330 g/mol. The highest BCUT2D eigenvalue weighted by atomic mass is 16.5. The minimum Gasteiger partial charge on any atom is -0.377 e. The van der Waals surface area contributed by atoms with E-state index >= 15 is 0 Å². The Hall–Kier alpha value is -1.39. The zero-order chi connectivity index (χ0) is 16.8. The number of hydrogen-bond acceptors (Lipinski definition) is 3. The minimum absolute atomic E-state index is 0.170. The molecule has 0 spiro atoms. The van der Waals surface area contributed by atoms with E-state index in [0.717, 1.165) is 43.8 Å². The highest BCUT2D eigenvalue weighted by Gasteiger charge is 2.27. The Morgan fingerprint density at radius 1 is 1.33 bits per heavy atom. The van der Waals surface area contributed by atoms with E-state index in [-0.39, 0.29) is 11.9 Å². The third kappa shape index (κ3) is 4.37. The van der Waals surface area contributed by atoms with Crippen LogP contribution in [0.3, 0.4) is 0 Å². The Balaban J connectivity index is 1.68. The molecule has 2 aliphatic heterocycles. The van der Waals surface area contributed by atoms with Gasteiger partial charge >= 0.3 is 0 Å². The summed E-state index contributed by atoms with van der Waals surface area (Å²) in [5.41, 5.74) is 2.14. The first-order valence-corrected chi connectivity index (χ1v) is 9.46. The number of hydrogen-bond donors (Lipinski definition) is 1. The molecule has 2 aliphatic rings. The van der Waals surface area contributed by atoms with Crippen molar-refractivity contribution in [3.63, 3.8) is 0 Å². The molecule has 1 amide bonds. The van der Waals surface area contributed by atoms with Crippen LogP contribution in [0.4, 0.5) is 0 Å². The number of benzene rings is 1. The Labute approximate surface area is 145 Å². The van der Waals surface area contributed by atoms with E-state index < -0.39 is 0 Å². The molecule has 0 aliphatic carbocycles. The van der Waals surface area contributed by atoms with Crippen molar-refractivity contribution in [3.8, 4) is 0 Å². The van der Waals surface area contributed by atoms with Crippen LogP contribution < -0.4 is 5.32 Å². The summed E-state index contributed by atoms with van der Waals surface area (Å²) in [7, 11) is 0. The molecule has 0 bridgehead atoms. The molecule has 2 saturated heterocycles. The van der Waals surface area contributed by atoms with Gasteiger partial charge in [-0.25, -0.2) is 0 Å². The molecule has 24 heavy (non-hydrogen) atoms. The molecule has 3 rings (SSSR count). The van der Waals surface area contributed by atoms with Gasteiger partial charge in [0.1, 0.15) is 0 Å². The molecule has 132 valence electrons. The van der Waals surface area contributed by atoms with Crippen LogP contribution >= 0.6 is 0 Å². The Morgan fingerprint density at radius 2 is 2.17 bits per heavy atom. The molecule has 0 radical (unpaired) electrons. The second-order valence-corrected chi connectivity index (χ2v) is 7.11. The van der Waals surface area contributed by atoms with Crippen LogP contribution in [0, 0.1) is 5.92 Å². The van der Waals surface area contributed by atoms with Crippen molar-refractivity contribution in [2.24, 2.45) is 5.92 Å². The molecule has 2 fully saturated rings. The molecule has 2 heterocycles.